The van der Waals surface area contributed by atoms with Crippen LogP contribution in [-0.2, 0) is 14.8 Å². The molecule has 2 amide bonds. The Kier molecular flexibility index (Phi) is 8.59. The fourth-order valence-corrected chi connectivity index (χ4v) is 5.00. The molecule has 2 rings (SSSR count). The molecule has 1 unspecified atom stereocenters. The van der Waals surface area contributed by atoms with Gasteiger partial charge in [0.2, 0.25) is 10.0 Å². The zero-order chi connectivity index (χ0) is 19.0. The monoisotopic (exact) mass is 390 g/mol. The van der Waals surface area contributed by atoms with E-state index in [0.29, 0.717) is 32.8 Å². The van der Waals surface area contributed by atoms with Crippen molar-refractivity contribution in [3.63, 3.8) is 0 Å². The van der Waals surface area contributed by atoms with Crippen LogP contribution in [0.15, 0.2) is 0 Å². The van der Waals surface area contributed by atoms with Crippen molar-refractivity contribution in [2.45, 2.75) is 38.1 Å². The van der Waals surface area contributed by atoms with Gasteiger partial charge in [-0.2, -0.15) is 4.31 Å². The second-order valence-electron chi connectivity index (χ2n) is 7.24. The number of rotatable bonds is 9. The van der Waals surface area contributed by atoms with E-state index in [4.69, 9.17) is 4.74 Å². The van der Waals surface area contributed by atoms with Crippen LogP contribution in [0.2, 0.25) is 0 Å². The molecule has 0 aliphatic carbocycles. The summed E-state index contributed by atoms with van der Waals surface area (Å²) in [7, 11) is -1.70. The lowest BCUT2D eigenvalue weighted by Crippen LogP contribution is -2.54. The topological polar surface area (TPSA) is 82.2 Å². The highest BCUT2D eigenvalue weighted by Crippen LogP contribution is 2.19. The Bertz CT molecular complexity index is 537. The molecule has 0 spiro atoms. The minimum absolute atomic E-state index is 0.134. The van der Waals surface area contributed by atoms with Crippen LogP contribution < -0.4 is 5.32 Å². The van der Waals surface area contributed by atoms with Gasteiger partial charge in [-0.3, -0.25) is 0 Å². The van der Waals surface area contributed by atoms with E-state index < -0.39 is 10.0 Å². The van der Waals surface area contributed by atoms with Crippen LogP contribution in [0.1, 0.15) is 32.1 Å². The number of sulfonamides is 1. The van der Waals surface area contributed by atoms with Crippen LogP contribution in [0, 0.1) is 0 Å². The van der Waals surface area contributed by atoms with E-state index in [0.717, 1.165) is 38.9 Å². The molecule has 0 radical (unpaired) electrons. The molecule has 2 saturated heterocycles. The Balaban J connectivity index is 1.88. The van der Waals surface area contributed by atoms with Crippen molar-refractivity contribution in [3.05, 3.63) is 0 Å². The highest BCUT2D eigenvalue weighted by Gasteiger charge is 2.32. The van der Waals surface area contributed by atoms with Crippen molar-refractivity contribution in [2.75, 3.05) is 65.8 Å². The van der Waals surface area contributed by atoms with Crippen LogP contribution in [-0.4, -0.2) is 100 Å². The summed E-state index contributed by atoms with van der Waals surface area (Å²) in [5.74, 6) is 0. The third-order valence-electron chi connectivity index (χ3n) is 5.15. The summed E-state index contributed by atoms with van der Waals surface area (Å²) in [4.78, 5) is 16.4. The Morgan fingerprint density at radius 2 is 1.96 bits per heavy atom. The summed E-state index contributed by atoms with van der Waals surface area (Å²) in [6, 6.07) is -0.275. The van der Waals surface area contributed by atoms with Crippen LogP contribution in [0.25, 0.3) is 0 Å². The van der Waals surface area contributed by atoms with Gasteiger partial charge in [0.15, 0.2) is 0 Å². The van der Waals surface area contributed by atoms with Crippen LogP contribution in [0.3, 0.4) is 0 Å². The number of nitrogens with zero attached hydrogens (tertiary/aromatic N) is 3. The quantitative estimate of drug-likeness (QED) is 0.582. The van der Waals surface area contributed by atoms with E-state index in [1.54, 1.807) is 16.3 Å². The first-order chi connectivity index (χ1) is 12.4. The normalized spacial score (nSPS) is 22.1. The molecule has 9 heteroatoms. The third kappa shape index (κ3) is 6.68. The number of ether oxygens (including phenoxy) is 1. The zero-order valence-electron chi connectivity index (χ0n) is 16.2. The highest BCUT2D eigenvalue weighted by molar-refractivity contribution is 7.88. The molecule has 8 nitrogen and oxygen atoms in total. The smallest absolute Gasteiger partial charge is 0.317 e. The largest absolute Gasteiger partial charge is 0.383 e. The molecule has 2 fully saturated rings. The lowest BCUT2D eigenvalue weighted by atomic mass is 10.1. The molecule has 0 bridgehead atoms. The summed E-state index contributed by atoms with van der Waals surface area (Å²) in [6.45, 7) is 5.77. The Morgan fingerprint density at radius 3 is 2.62 bits per heavy atom. The van der Waals surface area contributed by atoms with Gasteiger partial charge < -0.3 is 19.9 Å². The maximum Gasteiger partial charge on any atom is 0.317 e. The molecule has 1 atom stereocenters. The minimum atomic E-state index is -3.29. The molecule has 26 heavy (non-hydrogen) atoms. The predicted octanol–water partition coefficient (Wildman–Crippen LogP) is 0.554. The van der Waals surface area contributed by atoms with Gasteiger partial charge in [-0.1, -0.05) is 0 Å². The number of carbonyl (C=O) groups is 1. The van der Waals surface area contributed by atoms with Crippen molar-refractivity contribution < 1.29 is 17.9 Å². The number of methoxy groups -OCH3 is 1. The van der Waals surface area contributed by atoms with Crippen molar-refractivity contribution in [3.8, 4) is 0 Å². The highest BCUT2D eigenvalue weighted by atomic mass is 32.2. The van der Waals surface area contributed by atoms with Crippen LogP contribution >= 0.6 is 0 Å². The Labute approximate surface area is 157 Å². The lowest BCUT2D eigenvalue weighted by molar-refractivity contribution is 0.143. The summed E-state index contributed by atoms with van der Waals surface area (Å²) in [5.41, 5.74) is 0. The molecular weight excluding hydrogens is 356 g/mol. The fourth-order valence-electron chi connectivity index (χ4n) is 3.82. The number of carbonyl (C=O) groups excluding carboxylic acids is 1. The van der Waals surface area contributed by atoms with Gasteiger partial charge in [0, 0.05) is 39.3 Å². The van der Waals surface area contributed by atoms with Gasteiger partial charge in [-0.05, 0) is 51.7 Å². The number of urea groups is 1. The van der Waals surface area contributed by atoms with Crippen molar-refractivity contribution in [1.82, 2.24) is 19.4 Å². The molecule has 2 aliphatic rings. The van der Waals surface area contributed by atoms with Crippen LogP contribution in [0.4, 0.5) is 4.79 Å². The number of amides is 2. The van der Waals surface area contributed by atoms with Gasteiger partial charge in [0.1, 0.15) is 0 Å². The standard InChI is InChI=1S/C17H34N4O4S/c1-25-14-8-18-17(22)20-12-5-7-16(15-20)21(26(2,23)24)13-6-11-19-9-3-4-10-19/h16H,3-15H2,1-2H3,(H,18,22). The minimum Gasteiger partial charge on any atom is -0.383 e. The molecule has 2 heterocycles. The Hall–Kier alpha value is -0.900. The van der Waals surface area contributed by atoms with Gasteiger partial charge >= 0.3 is 6.03 Å². The second-order valence-corrected chi connectivity index (χ2v) is 9.18. The number of hydrogen-bond acceptors (Lipinski definition) is 5. The zero-order valence-corrected chi connectivity index (χ0v) is 17.0. The predicted molar refractivity (Wildman–Crippen MR) is 102 cm³/mol. The average Bonchev–Trinajstić information content (AvgIpc) is 3.11. The lowest BCUT2D eigenvalue weighted by Gasteiger charge is -2.38. The SMILES string of the molecule is COCCNC(=O)N1CCCC(N(CCCN2CCCC2)S(C)(=O)=O)C1. The third-order valence-corrected chi connectivity index (χ3v) is 6.48. The molecule has 0 saturated carbocycles. The van der Waals surface area contributed by atoms with Gasteiger partial charge in [-0.25, -0.2) is 13.2 Å². The first-order valence-electron chi connectivity index (χ1n) is 9.62. The second kappa shape index (κ2) is 10.4. The molecule has 1 N–H and O–H groups in total. The number of nitrogens with one attached hydrogen (secondary N) is 1. The summed E-state index contributed by atoms with van der Waals surface area (Å²) >= 11 is 0. The molecule has 0 aromatic rings. The van der Waals surface area contributed by atoms with E-state index in [9.17, 15) is 13.2 Å². The van der Waals surface area contributed by atoms with E-state index in [-0.39, 0.29) is 12.1 Å². The van der Waals surface area contributed by atoms with E-state index in [1.165, 1.54) is 19.1 Å². The van der Waals surface area contributed by atoms with Crippen molar-refractivity contribution >= 4 is 16.1 Å². The van der Waals surface area contributed by atoms with Crippen molar-refractivity contribution in [1.29, 1.82) is 0 Å². The van der Waals surface area contributed by atoms with Gasteiger partial charge in [0.05, 0.1) is 12.9 Å². The molecule has 2 aliphatic heterocycles. The fraction of sp³-hybridized carbons (Fsp3) is 0.941. The van der Waals surface area contributed by atoms with Crippen molar-refractivity contribution in [2.24, 2.45) is 0 Å². The Morgan fingerprint density at radius 1 is 1.23 bits per heavy atom. The van der Waals surface area contributed by atoms with E-state index in [2.05, 4.69) is 10.2 Å². The number of piperidine rings is 1. The summed E-state index contributed by atoms with van der Waals surface area (Å²) in [6.07, 6.45) is 6.22. The first-order valence-corrected chi connectivity index (χ1v) is 11.5. The summed E-state index contributed by atoms with van der Waals surface area (Å²) in [5, 5.41) is 2.82. The maximum absolute atomic E-state index is 12.3. The average molecular weight is 391 g/mol. The first kappa shape index (κ1) is 21.4. The van der Waals surface area contributed by atoms with E-state index >= 15 is 0 Å². The van der Waals surface area contributed by atoms with E-state index in [1.807, 2.05) is 0 Å². The van der Waals surface area contributed by atoms with Crippen LogP contribution in [0.5, 0.6) is 0 Å². The maximum atomic E-state index is 12.3. The molecule has 0 aromatic carbocycles. The van der Waals surface area contributed by atoms with Gasteiger partial charge in [0.25, 0.3) is 0 Å². The molecular formula is C17H34N4O4S. The number of likely N-dealkylation sites (tertiary alicyclic amines) is 2. The van der Waals surface area contributed by atoms with Gasteiger partial charge in [-0.15, -0.1) is 0 Å². The molecule has 0 aromatic heterocycles. The summed E-state index contributed by atoms with van der Waals surface area (Å²) < 4.78 is 31.2. The number of hydrogen-bond donors (Lipinski definition) is 1. The molecule has 152 valence electrons.